The zero-order chi connectivity index (χ0) is 10.7. The summed E-state index contributed by atoms with van der Waals surface area (Å²) in [6.07, 6.45) is 1.91. The molecule has 2 aromatic heterocycles. The van der Waals surface area contributed by atoms with Crippen molar-refractivity contribution in [2.24, 2.45) is 0 Å². The van der Waals surface area contributed by atoms with Crippen molar-refractivity contribution in [3.05, 3.63) is 29.3 Å². The Hall–Kier alpha value is -0.970. The molecule has 0 amide bonds. The molecule has 0 aliphatic heterocycles. The third kappa shape index (κ3) is 2.53. The third-order valence-corrected chi connectivity index (χ3v) is 3.15. The van der Waals surface area contributed by atoms with Crippen LogP contribution in [-0.4, -0.2) is 35.2 Å². The lowest BCUT2D eigenvalue weighted by atomic mass is 10.2. The molecule has 0 aliphatic rings. The van der Waals surface area contributed by atoms with Gasteiger partial charge in [0.15, 0.2) is 0 Å². The van der Waals surface area contributed by atoms with Crippen LogP contribution in [0.25, 0.3) is 10.2 Å². The zero-order valence-corrected chi connectivity index (χ0v) is 9.50. The molecule has 0 saturated heterocycles. The van der Waals surface area contributed by atoms with Crippen molar-refractivity contribution in [2.75, 3.05) is 20.2 Å². The Morgan fingerprint density at radius 2 is 2.40 bits per heavy atom. The van der Waals surface area contributed by atoms with E-state index in [2.05, 4.69) is 21.3 Å². The van der Waals surface area contributed by atoms with E-state index >= 15 is 0 Å². The molecule has 0 bridgehead atoms. The first-order chi connectivity index (χ1) is 7.29. The van der Waals surface area contributed by atoms with Gasteiger partial charge in [0.25, 0.3) is 0 Å². The monoisotopic (exact) mass is 222 g/mol. The number of pyridine rings is 1. The van der Waals surface area contributed by atoms with Gasteiger partial charge in [-0.05, 0) is 30.1 Å². The minimum Gasteiger partial charge on any atom is -0.395 e. The maximum Gasteiger partial charge on any atom is 0.0809 e. The van der Waals surface area contributed by atoms with Crippen LogP contribution in [0.1, 0.15) is 5.56 Å². The van der Waals surface area contributed by atoms with E-state index in [1.54, 1.807) is 11.3 Å². The van der Waals surface area contributed by atoms with E-state index < -0.39 is 0 Å². The molecular formula is C11H14N2OS. The lowest BCUT2D eigenvalue weighted by molar-refractivity contribution is 0.217. The van der Waals surface area contributed by atoms with Gasteiger partial charge in [-0.15, -0.1) is 11.3 Å². The van der Waals surface area contributed by atoms with Gasteiger partial charge in [-0.1, -0.05) is 0 Å². The van der Waals surface area contributed by atoms with Crippen molar-refractivity contribution >= 4 is 21.6 Å². The van der Waals surface area contributed by atoms with E-state index in [4.69, 9.17) is 5.11 Å². The highest BCUT2D eigenvalue weighted by molar-refractivity contribution is 7.17. The molecule has 80 valence electrons. The van der Waals surface area contributed by atoms with Gasteiger partial charge in [-0.3, -0.25) is 9.88 Å². The summed E-state index contributed by atoms with van der Waals surface area (Å²) >= 11 is 1.71. The Morgan fingerprint density at radius 3 is 3.20 bits per heavy atom. The van der Waals surface area contributed by atoms with E-state index in [0.29, 0.717) is 6.54 Å². The molecule has 2 rings (SSSR count). The van der Waals surface area contributed by atoms with Crippen LogP contribution in [0.3, 0.4) is 0 Å². The maximum atomic E-state index is 8.80. The van der Waals surface area contributed by atoms with Crippen LogP contribution in [0.2, 0.25) is 0 Å². The van der Waals surface area contributed by atoms with Gasteiger partial charge in [0.2, 0.25) is 0 Å². The van der Waals surface area contributed by atoms with Crippen molar-refractivity contribution in [3.63, 3.8) is 0 Å². The van der Waals surface area contributed by atoms with E-state index in [1.807, 2.05) is 19.3 Å². The molecule has 0 saturated carbocycles. The number of hydrogen-bond acceptors (Lipinski definition) is 4. The Balaban J connectivity index is 2.14. The second kappa shape index (κ2) is 4.70. The molecule has 3 nitrogen and oxygen atoms in total. The number of aliphatic hydroxyl groups is 1. The average molecular weight is 222 g/mol. The summed E-state index contributed by atoms with van der Waals surface area (Å²) in [5, 5.41) is 10.9. The first-order valence-corrected chi connectivity index (χ1v) is 5.79. The minimum absolute atomic E-state index is 0.200. The van der Waals surface area contributed by atoms with Crippen LogP contribution in [0.5, 0.6) is 0 Å². The van der Waals surface area contributed by atoms with Crippen LogP contribution >= 0.6 is 11.3 Å². The second-order valence-electron chi connectivity index (χ2n) is 3.61. The number of aromatic nitrogens is 1. The van der Waals surface area contributed by atoms with Crippen molar-refractivity contribution in [2.45, 2.75) is 6.54 Å². The molecular weight excluding hydrogens is 208 g/mol. The van der Waals surface area contributed by atoms with E-state index in [0.717, 1.165) is 12.1 Å². The van der Waals surface area contributed by atoms with Gasteiger partial charge >= 0.3 is 0 Å². The number of rotatable bonds is 4. The summed E-state index contributed by atoms with van der Waals surface area (Å²) in [6, 6.07) is 4.20. The molecule has 15 heavy (non-hydrogen) atoms. The zero-order valence-electron chi connectivity index (χ0n) is 8.68. The summed E-state index contributed by atoms with van der Waals surface area (Å²) in [5.74, 6) is 0. The van der Waals surface area contributed by atoms with Crippen molar-refractivity contribution in [3.8, 4) is 0 Å². The van der Waals surface area contributed by atoms with Crippen LogP contribution < -0.4 is 0 Å². The highest BCUT2D eigenvalue weighted by Crippen LogP contribution is 2.19. The van der Waals surface area contributed by atoms with Crippen LogP contribution in [0.15, 0.2) is 23.7 Å². The fourth-order valence-corrected chi connectivity index (χ4v) is 2.34. The number of hydrogen-bond donors (Lipinski definition) is 1. The van der Waals surface area contributed by atoms with E-state index in [1.165, 1.54) is 10.3 Å². The van der Waals surface area contributed by atoms with Gasteiger partial charge < -0.3 is 5.11 Å². The highest BCUT2D eigenvalue weighted by atomic mass is 32.1. The number of nitrogens with zero attached hydrogens (tertiary/aromatic N) is 2. The predicted molar refractivity (Wildman–Crippen MR) is 63.0 cm³/mol. The molecule has 0 fully saturated rings. The molecule has 0 spiro atoms. The van der Waals surface area contributed by atoms with Gasteiger partial charge in [-0.2, -0.15) is 0 Å². The summed E-state index contributed by atoms with van der Waals surface area (Å²) in [6.45, 7) is 1.73. The second-order valence-corrected chi connectivity index (χ2v) is 4.56. The standard InChI is InChI=1S/C11H14N2OS/c1-13(3-4-14)8-9-6-11-10(12-7-9)2-5-15-11/h2,5-7,14H,3-4,8H2,1H3. The normalized spacial score (nSPS) is 11.4. The summed E-state index contributed by atoms with van der Waals surface area (Å²) < 4.78 is 1.23. The first-order valence-electron chi connectivity index (χ1n) is 4.91. The topological polar surface area (TPSA) is 36.4 Å². The quantitative estimate of drug-likeness (QED) is 0.855. The largest absolute Gasteiger partial charge is 0.395 e. The Bertz CT molecular complexity index is 441. The molecule has 0 radical (unpaired) electrons. The number of likely N-dealkylation sites (N-methyl/N-ethyl adjacent to an activating group) is 1. The molecule has 0 aliphatic carbocycles. The lowest BCUT2D eigenvalue weighted by Gasteiger charge is -2.14. The Morgan fingerprint density at radius 1 is 1.53 bits per heavy atom. The smallest absolute Gasteiger partial charge is 0.0809 e. The van der Waals surface area contributed by atoms with Crippen LogP contribution in [0, 0.1) is 0 Å². The minimum atomic E-state index is 0.200. The predicted octanol–water partition coefficient (Wildman–Crippen LogP) is 1.72. The summed E-state index contributed by atoms with van der Waals surface area (Å²) in [4.78, 5) is 6.46. The maximum absolute atomic E-state index is 8.80. The van der Waals surface area contributed by atoms with Gasteiger partial charge in [0, 0.05) is 19.3 Å². The van der Waals surface area contributed by atoms with Gasteiger partial charge in [-0.25, -0.2) is 0 Å². The van der Waals surface area contributed by atoms with Crippen LogP contribution in [0.4, 0.5) is 0 Å². The molecule has 0 aromatic carbocycles. The molecule has 0 atom stereocenters. The summed E-state index contributed by atoms with van der Waals surface area (Å²) in [5.41, 5.74) is 2.26. The molecule has 0 unspecified atom stereocenters. The fourth-order valence-electron chi connectivity index (χ4n) is 1.53. The van der Waals surface area contributed by atoms with E-state index in [9.17, 15) is 0 Å². The third-order valence-electron chi connectivity index (χ3n) is 2.29. The van der Waals surface area contributed by atoms with Crippen molar-refractivity contribution < 1.29 is 5.11 Å². The number of aliphatic hydroxyl groups excluding tert-OH is 1. The van der Waals surface area contributed by atoms with Crippen LogP contribution in [-0.2, 0) is 6.54 Å². The Labute approximate surface area is 93.0 Å². The van der Waals surface area contributed by atoms with Crippen molar-refractivity contribution in [1.82, 2.24) is 9.88 Å². The van der Waals surface area contributed by atoms with Gasteiger partial charge in [0.1, 0.15) is 0 Å². The Kier molecular flexibility index (Phi) is 3.30. The fraction of sp³-hybridized carbons (Fsp3) is 0.364. The average Bonchev–Trinajstić information content (AvgIpc) is 2.65. The first kappa shape index (κ1) is 10.5. The molecule has 2 aromatic rings. The molecule has 4 heteroatoms. The molecule has 1 N–H and O–H groups in total. The number of thiophene rings is 1. The number of fused-ring (bicyclic) bond motifs is 1. The summed E-state index contributed by atoms with van der Waals surface area (Å²) in [7, 11) is 1.99. The van der Waals surface area contributed by atoms with E-state index in [-0.39, 0.29) is 6.61 Å². The van der Waals surface area contributed by atoms with Crippen molar-refractivity contribution in [1.29, 1.82) is 0 Å². The molecule has 2 heterocycles. The lowest BCUT2D eigenvalue weighted by Crippen LogP contribution is -2.21. The van der Waals surface area contributed by atoms with Gasteiger partial charge in [0.05, 0.1) is 16.8 Å². The SMILES string of the molecule is CN(CCO)Cc1cnc2ccsc2c1. The highest BCUT2D eigenvalue weighted by Gasteiger charge is 2.02.